The van der Waals surface area contributed by atoms with Crippen molar-refractivity contribution in [1.82, 2.24) is 0 Å². The lowest BCUT2D eigenvalue weighted by Crippen LogP contribution is -2.38. The SMILES string of the molecule is N#Cc1c(F)cccc1OCC1(CN)CCCCC1. The molecular weight excluding hydrogens is 243 g/mol. The van der Waals surface area contributed by atoms with Crippen molar-refractivity contribution >= 4 is 0 Å². The van der Waals surface area contributed by atoms with E-state index in [9.17, 15) is 4.39 Å². The van der Waals surface area contributed by atoms with Crippen LogP contribution in [0, 0.1) is 22.6 Å². The molecule has 0 aliphatic heterocycles. The monoisotopic (exact) mass is 262 g/mol. The summed E-state index contributed by atoms with van der Waals surface area (Å²) >= 11 is 0. The van der Waals surface area contributed by atoms with Crippen molar-refractivity contribution < 1.29 is 9.13 Å². The second-order valence-corrected chi connectivity index (χ2v) is 5.28. The molecule has 3 nitrogen and oxygen atoms in total. The summed E-state index contributed by atoms with van der Waals surface area (Å²) in [5.41, 5.74) is 5.84. The molecular formula is C15H19FN2O. The first-order chi connectivity index (χ1) is 9.21. The van der Waals surface area contributed by atoms with E-state index in [0.29, 0.717) is 18.9 Å². The highest BCUT2D eigenvalue weighted by atomic mass is 19.1. The van der Waals surface area contributed by atoms with E-state index in [1.165, 1.54) is 12.5 Å². The maximum absolute atomic E-state index is 13.5. The van der Waals surface area contributed by atoms with E-state index < -0.39 is 5.82 Å². The molecule has 0 bridgehead atoms. The average molecular weight is 262 g/mol. The lowest BCUT2D eigenvalue weighted by atomic mass is 9.75. The second kappa shape index (κ2) is 6.03. The molecule has 102 valence electrons. The molecule has 0 atom stereocenters. The van der Waals surface area contributed by atoms with E-state index in [-0.39, 0.29) is 11.0 Å². The van der Waals surface area contributed by atoms with Crippen LogP contribution in [-0.4, -0.2) is 13.2 Å². The molecule has 0 radical (unpaired) electrons. The molecule has 2 rings (SSSR count). The normalized spacial score (nSPS) is 17.7. The predicted octanol–water partition coefficient (Wildman–Crippen LogP) is 2.99. The molecule has 0 unspecified atom stereocenters. The van der Waals surface area contributed by atoms with Crippen molar-refractivity contribution in [3.8, 4) is 11.8 Å². The summed E-state index contributed by atoms with van der Waals surface area (Å²) in [6.07, 6.45) is 5.65. The average Bonchev–Trinajstić information content (AvgIpc) is 2.46. The number of nitrogens with two attached hydrogens (primary N) is 1. The van der Waals surface area contributed by atoms with Gasteiger partial charge in [0.25, 0.3) is 0 Å². The van der Waals surface area contributed by atoms with Crippen LogP contribution >= 0.6 is 0 Å². The molecule has 1 aromatic carbocycles. The van der Waals surface area contributed by atoms with E-state index in [1.54, 1.807) is 12.1 Å². The van der Waals surface area contributed by atoms with Crippen LogP contribution in [0.2, 0.25) is 0 Å². The number of rotatable bonds is 4. The summed E-state index contributed by atoms with van der Waals surface area (Å²) in [6.45, 7) is 1.03. The number of ether oxygens (including phenoxy) is 1. The number of nitriles is 1. The van der Waals surface area contributed by atoms with Gasteiger partial charge in [0, 0.05) is 12.0 Å². The fraction of sp³-hybridized carbons (Fsp3) is 0.533. The highest BCUT2D eigenvalue weighted by molar-refractivity contribution is 5.43. The fourth-order valence-corrected chi connectivity index (χ4v) is 2.67. The van der Waals surface area contributed by atoms with Crippen LogP contribution in [0.25, 0.3) is 0 Å². The summed E-state index contributed by atoms with van der Waals surface area (Å²) in [4.78, 5) is 0. The van der Waals surface area contributed by atoms with Gasteiger partial charge < -0.3 is 10.5 Å². The zero-order valence-electron chi connectivity index (χ0n) is 11.0. The van der Waals surface area contributed by atoms with Crippen molar-refractivity contribution in [2.45, 2.75) is 32.1 Å². The molecule has 0 spiro atoms. The van der Waals surface area contributed by atoms with E-state index in [4.69, 9.17) is 15.7 Å². The Labute approximate surface area is 113 Å². The van der Waals surface area contributed by atoms with E-state index in [1.807, 2.05) is 6.07 Å². The molecule has 19 heavy (non-hydrogen) atoms. The molecule has 0 aromatic heterocycles. The van der Waals surface area contributed by atoms with E-state index in [0.717, 1.165) is 25.7 Å². The topological polar surface area (TPSA) is 59.0 Å². The molecule has 1 aliphatic carbocycles. The van der Waals surface area contributed by atoms with Gasteiger partial charge in [0.1, 0.15) is 23.2 Å². The second-order valence-electron chi connectivity index (χ2n) is 5.28. The summed E-state index contributed by atoms with van der Waals surface area (Å²) in [6, 6.07) is 6.31. The third-order valence-electron chi connectivity index (χ3n) is 3.97. The maximum Gasteiger partial charge on any atom is 0.144 e. The Morgan fingerprint density at radius 2 is 2.05 bits per heavy atom. The van der Waals surface area contributed by atoms with Gasteiger partial charge in [0.15, 0.2) is 0 Å². The lowest BCUT2D eigenvalue weighted by Gasteiger charge is -2.35. The number of hydrogen-bond acceptors (Lipinski definition) is 3. The Morgan fingerprint density at radius 3 is 2.68 bits per heavy atom. The van der Waals surface area contributed by atoms with Gasteiger partial charge in [-0.05, 0) is 25.0 Å². The van der Waals surface area contributed by atoms with Gasteiger partial charge in [-0.15, -0.1) is 0 Å². The van der Waals surface area contributed by atoms with Gasteiger partial charge in [0.05, 0.1) is 6.61 Å². The first-order valence-corrected chi connectivity index (χ1v) is 6.72. The lowest BCUT2D eigenvalue weighted by molar-refractivity contribution is 0.105. The highest BCUT2D eigenvalue weighted by Crippen LogP contribution is 2.36. The van der Waals surface area contributed by atoms with Crippen LogP contribution in [0.15, 0.2) is 18.2 Å². The van der Waals surface area contributed by atoms with Gasteiger partial charge in [-0.1, -0.05) is 25.3 Å². The Balaban J connectivity index is 2.10. The largest absolute Gasteiger partial charge is 0.491 e. The van der Waals surface area contributed by atoms with Gasteiger partial charge >= 0.3 is 0 Å². The smallest absolute Gasteiger partial charge is 0.144 e. The van der Waals surface area contributed by atoms with Crippen LogP contribution in [0.4, 0.5) is 4.39 Å². The number of halogens is 1. The van der Waals surface area contributed by atoms with Crippen molar-refractivity contribution in [3.05, 3.63) is 29.6 Å². The number of hydrogen-bond donors (Lipinski definition) is 1. The van der Waals surface area contributed by atoms with Crippen LogP contribution in [0.1, 0.15) is 37.7 Å². The maximum atomic E-state index is 13.5. The van der Waals surface area contributed by atoms with Gasteiger partial charge in [-0.25, -0.2) is 4.39 Å². The number of benzene rings is 1. The molecule has 0 amide bonds. The van der Waals surface area contributed by atoms with Gasteiger partial charge in [0.2, 0.25) is 0 Å². The van der Waals surface area contributed by atoms with Crippen molar-refractivity contribution in [2.75, 3.05) is 13.2 Å². The Bertz CT molecular complexity index is 476. The number of nitrogens with zero attached hydrogens (tertiary/aromatic N) is 1. The van der Waals surface area contributed by atoms with E-state index in [2.05, 4.69) is 0 Å². The van der Waals surface area contributed by atoms with Crippen molar-refractivity contribution in [2.24, 2.45) is 11.1 Å². The minimum atomic E-state index is -0.537. The first-order valence-electron chi connectivity index (χ1n) is 6.72. The standard InChI is InChI=1S/C15H19FN2O/c16-13-5-4-6-14(12(13)9-17)19-11-15(10-18)7-2-1-3-8-15/h4-6H,1-3,7-8,10-11,18H2. The minimum absolute atomic E-state index is 0.0166. The molecule has 1 fully saturated rings. The van der Waals surface area contributed by atoms with Gasteiger partial charge in [-0.2, -0.15) is 5.26 Å². The quantitative estimate of drug-likeness (QED) is 0.907. The minimum Gasteiger partial charge on any atom is -0.491 e. The fourth-order valence-electron chi connectivity index (χ4n) is 2.67. The summed E-state index contributed by atoms with van der Waals surface area (Å²) < 4.78 is 19.2. The van der Waals surface area contributed by atoms with Crippen LogP contribution in [0.3, 0.4) is 0 Å². The first kappa shape index (κ1) is 13.8. The Morgan fingerprint density at radius 1 is 1.32 bits per heavy atom. The van der Waals surface area contributed by atoms with Gasteiger partial charge in [-0.3, -0.25) is 0 Å². The molecule has 1 saturated carbocycles. The van der Waals surface area contributed by atoms with Crippen molar-refractivity contribution in [3.63, 3.8) is 0 Å². The molecule has 1 aliphatic rings. The molecule has 4 heteroatoms. The summed E-state index contributed by atoms with van der Waals surface area (Å²) in [7, 11) is 0. The zero-order valence-corrected chi connectivity index (χ0v) is 11.0. The molecule has 1 aromatic rings. The predicted molar refractivity (Wildman–Crippen MR) is 71.2 cm³/mol. The molecule has 2 N–H and O–H groups in total. The third kappa shape index (κ3) is 3.05. The van der Waals surface area contributed by atoms with E-state index >= 15 is 0 Å². The van der Waals surface area contributed by atoms with Crippen LogP contribution in [0.5, 0.6) is 5.75 Å². The van der Waals surface area contributed by atoms with Crippen molar-refractivity contribution in [1.29, 1.82) is 5.26 Å². The van der Waals surface area contributed by atoms with Crippen LogP contribution in [-0.2, 0) is 0 Å². The Kier molecular flexibility index (Phi) is 4.39. The third-order valence-corrected chi connectivity index (χ3v) is 3.97. The zero-order chi connectivity index (χ0) is 13.7. The molecule has 0 heterocycles. The van der Waals surface area contributed by atoms with Crippen LogP contribution < -0.4 is 10.5 Å². The summed E-state index contributed by atoms with van der Waals surface area (Å²) in [5, 5.41) is 8.96. The highest BCUT2D eigenvalue weighted by Gasteiger charge is 2.31. The summed E-state index contributed by atoms with van der Waals surface area (Å²) in [5.74, 6) is -0.216. The Hall–Kier alpha value is -1.60. The molecule has 0 saturated heterocycles.